The van der Waals surface area contributed by atoms with Gasteiger partial charge in [-0.1, -0.05) is 0 Å². The fourth-order valence-corrected chi connectivity index (χ4v) is 0.953. The third-order valence-electron chi connectivity index (χ3n) is 1.56. The fourth-order valence-electron chi connectivity index (χ4n) is 0.953. The lowest BCUT2D eigenvalue weighted by atomic mass is 10.2. The molecule has 0 aliphatic carbocycles. The molecule has 1 heterocycles. The third-order valence-corrected chi connectivity index (χ3v) is 1.56. The largest absolute Gasteiger partial charge is 0.573 e. The molecule has 0 aliphatic rings. The van der Waals surface area contributed by atoms with Crippen molar-refractivity contribution in [3.05, 3.63) is 22.1 Å². The van der Waals surface area contributed by atoms with Crippen LogP contribution in [0.2, 0.25) is 0 Å². The van der Waals surface area contributed by atoms with Crippen LogP contribution in [0, 0.1) is 0 Å². The highest BCUT2D eigenvalue weighted by Crippen LogP contribution is 2.28. The van der Waals surface area contributed by atoms with Gasteiger partial charge in [0.2, 0.25) is 0 Å². The summed E-state index contributed by atoms with van der Waals surface area (Å²) < 4.78 is 39.1. The molecule has 0 aliphatic heterocycles. The maximum atomic E-state index is 11.9. The van der Waals surface area contributed by atoms with Crippen molar-refractivity contribution in [2.45, 2.75) is 12.9 Å². The summed E-state index contributed by atoms with van der Waals surface area (Å²) in [6.45, 7) is -0.443. The molecular formula is C7H7F3N2O3. The fraction of sp³-hybridized carbons (Fsp3) is 0.286. The highest BCUT2D eigenvalue weighted by atomic mass is 19.4. The monoisotopic (exact) mass is 224 g/mol. The van der Waals surface area contributed by atoms with Crippen LogP contribution in [0.4, 0.5) is 13.2 Å². The number of rotatable bonds is 2. The third kappa shape index (κ3) is 2.62. The number of alkyl halides is 3. The molecule has 0 atom stereocenters. The van der Waals surface area contributed by atoms with Crippen molar-refractivity contribution >= 4 is 0 Å². The summed E-state index contributed by atoms with van der Waals surface area (Å²) in [6, 6.07) is 0. The number of halogens is 3. The second-order valence-electron chi connectivity index (χ2n) is 2.56. The highest BCUT2D eigenvalue weighted by Gasteiger charge is 2.32. The number of H-pyrrole nitrogens is 1. The summed E-state index contributed by atoms with van der Waals surface area (Å²) in [6.07, 6.45) is -4.22. The number of nitrogens with one attached hydrogen (secondary N) is 1. The normalized spacial score (nSPS) is 11.5. The molecule has 0 fully saturated rings. The van der Waals surface area contributed by atoms with Crippen LogP contribution in [0.25, 0.3) is 0 Å². The summed E-state index contributed by atoms with van der Waals surface area (Å²) in [5.41, 5.74) is 3.76. The van der Waals surface area contributed by atoms with Crippen molar-refractivity contribution < 1.29 is 23.0 Å². The summed E-state index contributed by atoms with van der Waals surface area (Å²) >= 11 is 0. The van der Waals surface area contributed by atoms with Crippen LogP contribution in [0.5, 0.6) is 11.5 Å². The summed E-state index contributed by atoms with van der Waals surface area (Å²) in [5, 5.41) is 9.10. The Morgan fingerprint density at radius 3 is 2.60 bits per heavy atom. The number of aromatic hydroxyl groups is 1. The molecule has 0 aromatic carbocycles. The first kappa shape index (κ1) is 11.4. The highest BCUT2D eigenvalue weighted by molar-refractivity contribution is 5.40. The van der Waals surface area contributed by atoms with Gasteiger partial charge in [-0.25, -0.2) is 0 Å². The first-order valence-corrected chi connectivity index (χ1v) is 3.74. The number of aromatic nitrogens is 1. The van der Waals surface area contributed by atoms with E-state index in [2.05, 4.69) is 4.74 Å². The minimum absolute atomic E-state index is 0.393. The predicted octanol–water partition coefficient (Wildman–Crippen LogP) is 0.438. The van der Waals surface area contributed by atoms with Crippen LogP contribution < -0.4 is 16.0 Å². The number of nitrogens with two attached hydrogens (primary N) is 1. The van der Waals surface area contributed by atoms with E-state index in [4.69, 9.17) is 10.8 Å². The minimum atomic E-state index is -4.91. The van der Waals surface area contributed by atoms with Crippen LogP contribution in [0.1, 0.15) is 5.56 Å². The number of ether oxygens (including phenoxy) is 1. The zero-order valence-corrected chi connectivity index (χ0v) is 7.26. The van der Waals surface area contributed by atoms with E-state index in [1.807, 2.05) is 4.98 Å². The molecule has 15 heavy (non-hydrogen) atoms. The van der Waals surface area contributed by atoms with E-state index in [0.29, 0.717) is 6.20 Å². The second-order valence-corrected chi connectivity index (χ2v) is 2.56. The van der Waals surface area contributed by atoms with Crippen molar-refractivity contribution in [3.63, 3.8) is 0 Å². The maximum Gasteiger partial charge on any atom is 0.573 e. The number of hydrogen-bond acceptors (Lipinski definition) is 4. The van der Waals surface area contributed by atoms with Gasteiger partial charge in [0.15, 0.2) is 11.5 Å². The Morgan fingerprint density at radius 2 is 2.13 bits per heavy atom. The van der Waals surface area contributed by atoms with Crippen molar-refractivity contribution in [1.29, 1.82) is 0 Å². The van der Waals surface area contributed by atoms with E-state index < -0.39 is 35.5 Å². The molecular weight excluding hydrogens is 217 g/mol. The van der Waals surface area contributed by atoms with E-state index in [1.54, 1.807) is 0 Å². The van der Waals surface area contributed by atoms with E-state index in [9.17, 15) is 18.0 Å². The Kier molecular flexibility index (Phi) is 2.89. The van der Waals surface area contributed by atoms with E-state index in [-0.39, 0.29) is 0 Å². The Balaban J connectivity index is 3.20. The molecule has 0 amide bonds. The van der Waals surface area contributed by atoms with Gasteiger partial charge >= 0.3 is 6.36 Å². The van der Waals surface area contributed by atoms with E-state index in [1.165, 1.54) is 0 Å². The van der Waals surface area contributed by atoms with E-state index in [0.717, 1.165) is 0 Å². The van der Waals surface area contributed by atoms with Gasteiger partial charge < -0.3 is 20.6 Å². The molecule has 1 aromatic heterocycles. The standard InChI is InChI=1S/C7H7F3N2O3/c8-7(9,10)15-4-2-12-6(14)5(13)3(4)1-11/h2,13H,1,11H2,(H,12,14). The Morgan fingerprint density at radius 1 is 1.53 bits per heavy atom. The van der Waals surface area contributed by atoms with Gasteiger partial charge in [-0.15, -0.1) is 13.2 Å². The molecule has 0 radical (unpaired) electrons. The lowest BCUT2D eigenvalue weighted by Crippen LogP contribution is -2.20. The molecule has 4 N–H and O–H groups in total. The average molecular weight is 224 g/mol. The predicted molar refractivity (Wildman–Crippen MR) is 43.3 cm³/mol. The first-order chi connectivity index (χ1) is 6.85. The van der Waals surface area contributed by atoms with Crippen LogP contribution >= 0.6 is 0 Å². The number of pyridine rings is 1. The molecule has 0 unspecified atom stereocenters. The molecule has 0 bridgehead atoms. The summed E-state index contributed by atoms with van der Waals surface area (Å²) in [7, 11) is 0. The molecule has 0 saturated carbocycles. The van der Waals surface area contributed by atoms with Gasteiger partial charge in [0.05, 0.1) is 5.56 Å². The lowest BCUT2D eigenvalue weighted by molar-refractivity contribution is -0.275. The average Bonchev–Trinajstić information content (AvgIpc) is 2.10. The van der Waals surface area contributed by atoms with Crippen molar-refractivity contribution in [2.24, 2.45) is 5.73 Å². The smallest absolute Gasteiger partial charge is 0.503 e. The summed E-state index contributed by atoms with van der Waals surface area (Å²) in [4.78, 5) is 12.7. The lowest BCUT2D eigenvalue weighted by Gasteiger charge is -2.12. The first-order valence-electron chi connectivity index (χ1n) is 3.74. The van der Waals surface area contributed by atoms with Crippen LogP contribution in [0.3, 0.4) is 0 Å². The van der Waals surface area contributed by atoms with Crippen LogP contribution in [-0.2, 0) is 6.54 Å². The van der Waals surface area contributed by atoms with E-state index >= 15 is 0 Å². The molecule has 0 spiro atoms. The molecule has 8 heteroatoms. The number of hydrogen-bond donors (Lipinski definition) is 3. The molecule has 5 nitrogen and oxygen atoms in total. The molecule has 1 aromatic rings. The van der Waals surface area contributed by atoms with Gasteiger partial charge in [0.25, 0.3) is 5.56 Å². The Hall–Kier alpha value is -1.70. The maximum absolute atomic E-state index is 11.9. The Bertz CT molecular complexity index is 413. The van der Waals surface area contributed by atoms with Gasteiger partial charge in [-0.3, -0.25) is 4.79 Å². The van der Waals surface area contributed by atoms with Gasteiger partial charge in [-0.2, -0.15) is 0 Å². The van der Waals surface area contributed by atoms with Crippen molar-refractivity contribution in [2.75, 3.05) is 0 Å². The van der Waals surface area contributed by atoms with Gasteiger partial charge in [-0.05, 0) is 0 Å². The van der Waals surface area contributed by atoms with Crippen molar-refractivity contribution in [3.8, 4) is 11.5 Å². The topological polar surface area (TPSA) is 88.3 Å². The summed E-state index contributed by atoms with van der Waals surface area (Å²) in [5.74, 6) is -1.60. The van der Waals surface area contributed by atoms with Crippen LogP contribution in [-0.4, -0.2) is 16.5 Å². The molecule has 0 saturated heterocycles. The molecule has 1 rings (SSSR count). The number of aromatic amines is 1. The zero-order valence-electron chi connectivity index (χ0n) is 7.26. The van der Waals surface area contributed by atoms with Gasteiger partial charge in [0.1, 0.15) is 0 Å². The second kappa shape index (κ2) is 3.81. The Labute approximate surface area is 81.3 Å². The SMILES string of the molecule is NCc1c(OC(F)(F)F)c[nH]c(=O)c1O. The molecule has 84 valence electrons. The van der Waals surface area contributed by atoms with Crippen LogP contribution in [0.15, 0.2) is 11.0 Å². The zero-order chi connectivity index (χ0) is 11.6. The minimum Gasteiger partial charge on any atom is -0.503 e. The van der Waals surface area contributed by atoms with Crippen molar-refractivity contribution in [1.82, 2.24) is 4.98 Å². The quantitative estimate of drug-likeness (QED) is 0.680. The van der Waals surface area contributed by atoms with Gasteiger partial charge in [0, 0.05) is 12.7 Å².